The molecular weight excluding hydrogens is 296 g/mol. The smallest absolute Gasteiger partial charge is 0.121 e. The molecular formula is C18H23ClN2O. The van der Waals surface area contributed by atoms with Crippen molar-refractivity contribution in [3.63, 3.8) is 0 Å². The molecule has 2 saturated carbocycles. The van der Waals surface area contributed by atoms with E-state index in [9.17, 15) is 0 Å². The Hall–Kier alpha value is -1.24. The molecule has 0 amide bonds. The maximum absolute atomic E-state index is 8.94. The van der Waals surface area contributed by atoms with Crippen molar-refractivity contribution in [2.24, 2.45) is 23.0 Å². The summed E-state index contributed by atoms with van der Waals surface area (Å²) in [4.78, 5) is 0. The van der Waals surface area contributed by atoms with Crippen molar-refractivity contribution in [3.8, 4) is 11.8 Å². The first kappa shape index (κ1) is 15.6. The van der Waals surface area contributed by atoms with Crippen LogP contribution in [0, 0.1) is 28.6 Å². The molecule has 0 unspecified atom stereocenters. The number of nitriles is 1. The van der Waals surface area contributed by atoms with Crippen LogP contribution in [0.2, 0.25) is 5.02 Å². The Morgan fingerprint density at radius 1 is 1.36 bits per heavy atom. The van der Waals surface area contributed by atoms with E-state index in [1.54, 1.807) is 12.1 Å². The third-order valence-electron chi connectivity index (χ3n) is 5.71. The minimum Gasteiger partial charge on any atom is -0.490 e. The number of nitrogens with zero attached hydrogens (tertiary/aromatic N) is 1. The van der Waals surface area contributed by atoms with Gasteiger partial charge in [0.1, 0.15) is 11.8 Å². The number of halogens is 1. The van der Waals surface area contributed by atoms with E-state index < -0.39 is 0 Å². The molecule has 2 aliphatic rings. The molecule has 0 heterocycles. The molecule has 118 valence electrons. The highest BCUT2D eigenvalue weighted by Gasteiger charge is 2.54. The Morgan fingerprint density at radius 2 is 2.14 bits per heavy atom. The zero-order chi connectivity index (χ0) is 15.9. The van der Waals surface area contributed by atoms with E-state index in [1.165, 1.54) is 0 Å². The van der Waals surface area contributed by atoms with Crippen molar-refractivity contribution in [2.45, 2.75) is 51.7 Å². The standard InChI is InChI=1S/C18H23ClN2O/c1-11(2)18-8-14(21)5-13(18)6-16(9-18)22-15-4-3-12(10-20)17(19)7-15/h3-4,7,11,13-14,16H,5-6,8-9,21H2,1-2H3/t13-,14-,16+,18+/m0/s1. The quantitative estimate of drug-likeness (QED) is 0.911. The van der Waals surface area contributed by atoms with Gasteiger partial charge in [-0.3, -0.25) is 0 Å². The van der Waals surface area contributed by atoms with Gasteiger partial charge in [-0.15, -0.1) is 0 Å². The fraction of sp³-hybridized carbons (Fsp3) is 0.611. The predicted molar refractivity (Wildman–Crippen MR) is 87.8 cm³/mol. The van der Waals surface area contributed by atoms with E-state index in [2.05, 4.69) is 19.9 Å². The van der Waals surface area contributed by atoms with Gasteiger partial charge < -0.3 is 10.5 Å². The maximum Gasteiger partial charge on any atom is 0.121 e. The molecule has 1 aromatic rings. The van der Waals surface area contributed by atoms with Crippen LogP contribution in [0.25, 0.3) is 0 Å². The van der Waals surface area contributed by atoms with Gasteiger partial charge in [-0.1, -0.05) is 25.4 Å². The van der Waals surface area contributed by atoms with Crippen molar-refractivity contribution in [3.05, 3.63) is 28.8 Å². The van der Waals surface area contributed by atoms with Crippen LogP contribution in [-0.2, 0) is 0 Å². The largest absolute Gasteiger partial charge is 0.490 e. The lowest BCUT2D eigenvalue weighted by molar-refractivity contribution is 0.131. The Bertz CT molecular complexity index is 610. The van der Waals surface area contributed by atoms with Crippen LogP contribution in [0.15, 0.2) is 18.2 Å². The van der Waals surface area contributed by atoms with Crippen LogP contribution in [0.1, 0.15) is 45.1 Å². The first-order chi connectivity index (χ1) is 10.4. The normalized spacial score (nSPS) is 33.7. The van der Waals surface area contributed by atoms with Crippen LogP contribution in [0.4, 0.5) is 0 Å². The molecule has 0 aliphatic heterocycles. The van der Waals surface area contributed by atoms with E-state index in [4.69, 9.17) is 27.3 Å². The number of fused-ring (bicyclic) bond motifs is 1. The highest BCUT2D eigenvalue weighted by atomic mass is 35.5. The molecule has 4 heteroatoms. The molecule has 0 radical (unpaired) electrons. The van der Waals surface area contributed by atoms with Crippen molar-refractivity contribution in [2.75, 3.05) is 0 Å². The molecule has 3 rings (SSSR count). The molecule has 1 aromatic carbocycles. The second-order valence-electron chi connectivity index (χ2n) is 7.22. The summed E-state index contributed by atoms with van der Waals surface area (Å²) < 4.78 is 6.17. The van der Waals surface area contributed by atoms with Crippen molar-refractivity contribution >= 4 is 11.6 Å². The number of nitrogens with two attached hydrogens (primary N) is 1. The van der Waals surface area contributed by atoms with Gasteiger partial charge in [0.25, 0.3) is 0 Å². The molecule has 0 saturated heterocycles. The van der Waals surface area contributed by atoms with Gasteiger partial charge in [-0.25, -0.2) is 0 Å². The predicted octanol–water partition coefficient (Wildman–Crippen LogP) is 4.13. The zero-order valence-corrected chi connectivity index (χ0v) is 13.9. The van der Waals surface area contributed by atoms with Gasteiger partial charge in [0.2, 0.25) is 0 Å². The Morgan fingerprint density at radius 3 is 2.73 bits per heavy atom. The lowest BCUT2D eigenvalue weighted by atomic mass is 9.71. The summed E-state index contributed by atoms with van der Waals surface area (Å²) in [7, 11) is 0. The van der Waals surface area contributed by atoms with Crippen molar-refractivity contribution in [1.82, 2.24) is 0 Å². The molecule has 4 atom stereocenters. The highest BCUT2D eigenvalue weighted by molar-refractivity contribution is 6.31. The molecule has 22 heavy (non-hydrogen) atoms. The van der Waals surface area contributed by atoms with E-state index >= 15 is 0 Å². The Kier molecular flexibility index (Phi) is 4.09. The van der Waals surface area contributed by atoms with Gasteiger partial charge in [-0.05, 0) is 55.1 Å². The minimum absolute atomic E-state index is 0.226. The fourth-order valence-electron chi connectivity index (χ4n) is 4.63. The van der Waals surface area contributed by atoms with E-state index in [1.807, 2.05) is 6.07 Å². The van der Waals surface area contributed by atoms with E-state index in [-0.39, 0.29) is 6.10 Å². The Balaban J connectivity index is 1.74. The molecule has 0 aromatic heterocycles. The molecule has 0 spiro atoms. The summed E-state index contributed by atoms with van der Waals surface area (Å²) in [6, 6.07) is 7.73. The van der Waals surface area contributed by atoms with Crippen molar-refractivity contribution in [1.29, 1.82) is 5.26 Å². The monoisotopic (exact) mass is 318 g/mol. The minimum atomic E-state index is 0.226. The van der Waals surface area contributed by atoms with Gasteiger partial charge in [0, 0.05) is 12.1 Å². The van der Waals surface area contributed by atoms with Crippen LogP contribution in [0.5, 0.6) is 5.75 Å². The topological polar surface area (TPSA) is 59.0 Å². The lowest BCUT2D eigenvalue weighted by Crippen LogP contribution is -2.29. The van der Waals surface area contributed by atoms with Crippen molar-refractivity contribution < 1.29 is 4.74 Å². The van der Waals surface area contributed by atoms with Gasteiger partial charge in [0.15, 0.2) is 0 Å². The molecule has 0 bridgehead atoms. The summed E-state index contributed by atoms with van der Waals surface area (Å²) in [5.41, 5.74) is 7.03. The van der Waals surface area contributed by atoms with Gasteiger partial charge >= 0.3 is 0 Å². The highest BCUT2D eigenvalue weighted by Crippen LogP contribution is 2.58. The first-order valence-electron chi connectivity index (χ1n) is 8.06. The maximum atomic E-state index is 8.94. The molecule has 2 aliphatic carbocycles. The SMILES string of the molecule is CC(C)[C@]12C[C@@H](N)C[C@H]1C[C@@H](Oc1ccc(C#N)c(Cl)c1)C2. The summed E-state index contributed by atoms with van der Waals surface area (Å²) in [6.07, 6.45) is 4.60. The van der Waals surface area contributed by atoms with Crippen LogP contribution in [-0.4, -0.2) is 12.1 Å². The van der Waals surface area contributed by atoms with E-state index in [0.717, 1.165) is 31.4 Å². The average Bonchev–Trinajstić information content (AvgIpc) is 2.92. The van der Waals surface area contributed by atoms with Crippen LogP contribution >= 0.6 is 11.6 Å². The number of hydrogen-bond acceptors (Lipinski definition) is 3. The number of hydrogen-bond donors (Lipinski definition) is 1. The zero-order valence-electron chi connectivity index (χ0n) is 13.2. The number of rotatable bonds is 3. The summed E-state index contributed by atoms with van der Waals surface area (Å²) in [5.74, 6) is 2.06. The molecule has 2 fully saturated rings. The number of ether oxygens (including phenoxy) is 1. The van der Waals surface area contributed by atoms with Crippen LogP contribution in [0.3, 0.4) is 0 Å². The summed E-state index contributed by atoms with van der Waals surface area (Å²) in [5, 5.41) is 9.39. The first-order valence-corrected chi connectivity index (χ1v) is 8.44. The van der Waals surface area contributed by atoms with Crippen LogP contribution < -0.4 is 10.5 Å². The second kappa shape index (κ2) is 5.76. The van der Waals surface area contributed by atoms with E-state index in [0.29, 0.717) is 33.9 Å². The fourth-order valence-corrected chi connectivity index (χ4v) is 4.84. The van der Waals surface area contributed by atoms with Gasteiger partial charge in [0.05, 0.1) is 16.7 Å². The Labute approximate surface area is 137 Å². The van der Waals surface area contributed by atoms with Gasteiger partial charge in [-0.2, -0.15) is 5.26 Å². The lowest BCUT2D eigenvalue weighted by Gasteiger charge is -2.34. The molecule has 3 nitrogen and oxygen atoms in total. The summed E-state index contributed by atoms with van der Waals surface area (Å²) in [6.45, 7) is 4.62. The summed E-state index contributed by atoms with van der Waals surface area (Å²) >= 11 is 6.09. The molecule has 2 N–H and O–H groups in total. The number of benzene rings is 1. The average molecular weight is 319 g/mol. The third-order valence-corrected chi connectivity index (χ3v) is 6.02. The second-order valence-corrected chi connectivity index (χ2v) is 7.63. The third kappa shape index (κ3) is 2.59.